The molecule has 5 nitrogen and oxygen atoms in total. The van der Waals surface area contributed by atoms with Crippen LogP contribution in [0.4, 0.5) is 5.69 Å². The molecule has 0 unspecified atom stereocenters. The Kier molecular flexibility index (Phi) is 4.65. The lowest BCUT2D eigenvalue weighted by atomic mass is 10.0. The normalized spacial score (nSPS) is 17.7. The zero-order chi connectivity index (χ0) is 14.8. The van der Waals surface area contributed by atoms with Crippen molar-refractivity contribution in [1.82, 2.24) is 9.29 Å². The molecule has 0 N–H and O–H groups in total. The van der Waals surface area contributed by atoms with Crippen molar-refractivity contribution in [2.75, 3.05) is 30.8 Å². The maximum absolute atomic E-state index is 11.8. The van der Waals surface area contributed by atoms with Gasteiger partial charge in [-0.3, -0.25) is 4.98 Å². The van der Waals surface area contributed by atoms with E-state index in [9.17, 15) is 8.42 Å². The van der Waals surface area contributed by atoms with Gasteiger partial charge in [0.15, 0.2) is 0 Å². The lowest BCUT2D eigenvalue weighted by Crippen LogP contribution is -2.47. The number of aromatic nitrogens is 1. The summed E-state index contributed by atoms with van der Waals surface area (Å²) in [5.41, 5.74) is 2.19. The maximum atomic E-state index is 11.8. The molecule has 0 saturated carbocycles. The molecule has 0 spiro atoms. The third-order valence-corrected chi connectivity index (χ3v) is 5.26. The zero-order valence-electron chi connectivity index (χ0n) is 12.4. The Hall–Kier alpha value is -1.14. The van der Waals surface area contributed by atoms with Gasteiger partial charge < -0.3 is 4.90 Å². The van der Waals surface area contributed by atoms with Crippen molar-refractivity contribution in [3.8, 4) is 0 Å². The molecule has 0 atom stereocenters. The first-order valence-corrected chi connectivity index (χ1v) is 8.91. The number of aryl methyl sites for hydroxylation is 1. The molecule has 1 aliphatic rings. The van der Waals surface area contributed by atoms with Gasteiger partial charge in [-0.2, -0.15) is 4.31 Å². The number of nitrogens with zero attached hydrogens (tertiary/aromatic N) is 3. The number of hydrogen-bond acceptors (Lipinski definition) is 4. The zero-order valence-corrected chi connectivity index (χ0v) is 13.2. The highest BCUT2D eigenvalue weighted by Gasteiger charge is 2.28. The molecule has 0 bridgehead atoms. The van der Waals surface area contributed by atoms with Gasteiger partial charge in [-0.25, -0.2) is 8.42 Å². The lowest BCUT2D eigenvalue weighted by Gasteiger charge is -2.38. The average Bonchev–Trinajstić information content (AvgIpc) is 2.38. The minimum absolute atomic E-state index is 0.134. The van der Waals surface area contributed by atoms with Gasteiger partial charge in [0, 0.05) is 43.3 Å². The highest BCUT2D eigenvalue weighted by atomic mass is 32.2. The molecule has 1 aromatic heterocycles. The summed E-state index contributed by atoms with van der Waals surface area (Å²) in [7, 11) is -3.10. The summed E-state index contributed by atoms with van der Waals surface area (Å²) < 4.78 is 25.2. The lowest BCUT2D eigenvalue weighted by molar-refractivity contribution is 0.285. The van der Waals surface area contributed by atoms with Gasteiger partial charge in [0.05, 0.1) is 6.26 Å². The van der Waals surface area contributed by atoms with Crippen molar-refractivity contribution in [2.24, 2.45) is 0 Å². The fraction of sp³-hybridized carbons (Fsp3) is 0.643. The van der Waals surface area contributed by atoms with Crippen LogP contribution in [0.3, 0.4) is 0 Å². The minimum atomic E-state index is -3.10. The van der Waals surface area contributed by atoms with Gasteiger partial charge in [0.1, 0.15) is 0 Å². The first-order valence-electron chi connectivity index (χ1n) is 7.06. The Labute approximate surface area is 121 Å². The summed E-state index contributed by atoms with van der Waals surface area (Å²) >= 11 is 0. The molecule has 2 heterocycles. The van der Waals surface area contributed by atoms with E-state index < -0.39 is 10.0 Å². The second kappa shape index (κ2) is 6.10. The second-order valence-electron chi connectivity index (χ2n) is 5.34. The van der Waals surface area contributed by atoms with Crippen LogP contribution in [0.1, 0.15) is 25.5 Å². The number of anilines is 1. The summed E-state index contributed by atoms with van der Waals surface area (Å²) in [6.45, 7) is 6.22. The van der Waals surface area contributed by atoms with Gasteiger partial charge >= 0.3 is 0 Å². The van der Waals surface area contributed by atoms with Crippen molar-refractivity contribution < 1.29 is 8.42 Å². The van der Waals surface area contributed by atoms with Crippen LogP contribution in [0.5, 0.6) is 0 Å². The van der Waals surface area contributed by atoms with Gasteiger partial charge in [0.25, 0.3) is 0 Å². The average molecular weight is 297 g/mol. The van der Waals surface area contributed by atoms with Crippen LogP contribution in [0, 0.1) is 6.92 Å². The van der Waals surface area contributed by atoms with E-state index in [-0.39, 0.29) is 6.04 Å². The summed E-state index contributed by atoms with van der Waals surface area (Å²) in [5.74, 6) is 0. The van der Waals surface area contributed by atoms with E-state index in [0.717, 1.165) is 31.6 Å². The Morgan fingerprint density at radius 1 is 1.40 bits per heavy atom. The van der Waals surface area contributed by atoms with Gasteiger partial charge in [-0.1, -0.05) is 6.92 Å². The standard InChI is InChI=1S/C14H23N3O2S/c1-4-17(20(3,18)19)13-6-9-16(10-7-13)14-5-8-15-12(2)11-14/h5,8,11,13H,4,6-7,9-10H2,1-3H3. The second-order valence-corrected chi connectivity index (χ2v) is 7.28. The number of piperidine rings is 1. The summed E-state index contributed by atoms with van der Waals surface area (Å²) in [5, 5.41) is 0. The fourth-order valence-corrected chi connectivity index (χ4v) is 4.12. The number of pyridine rings is 1. The summed E-state index contributed by atoms with van der Waals surface area (Å²) in [4.78, 5) is 6.52. The van der Waals surface area contributed by atoms with Crippen molar-refractivity contribution in [1.29, 1.82) is 0 Å². The molecule has 6 heteroatoms. The van der Waals surface area contributed by atoms with E-state index in [4.69, 9.17) is 0 Å². The van der Waals surface area contributed by atoms with E-state index in [1.54, 1.807) is 4.31 Å². The van der Waals surface area contributed by atoms with Crippen LogP contribution >= 0.6 is 0 Å². The third kappa shape index (κ3) is 3.49. The number of hydrogen-bond donors (Lipinski definition) is 0. The number of rotatable bonds is 4. The van der Waals surface area contributed by atoms with Crippen molar-refractivity contribution in [2.45, 2.75) is 32.7 Å². The summed E-state index contributed by atoms with van der Waals surface area (Å²) in [6.07, 6.45) is 4.88. The van der Waals surface area contributed by atoms with Crippen LogP contribution in [-0.2, 0) is 10.0 Å². The Morgan fingerprint density at radius 2 is 2.05 bits per heavy atom. The van der Waals surface area contributed by atoms with Crippen molar-refractivity contribution in [3.05, 3.63) is 24.0 Å². The predicted molar refractivity (Wildman–Crippen MR) is 81.4 cm³/mol. The van der Waals surface area contributed by atoms with Crippen LogP contribution < -0.4 is 4.90 Å². The van der Waals surface area contributed by atoms with Crippen LogP contribution in [0.15, 0.2) is 18.3 Å². The fourth-order valence-electron chi connectivity index (χ4n) is 2.90. The van der Waals surface area contributed by atoms with Crippen LogP contribution in [0.25, 0.3) is 0 Å². The molecular weight excluding hydrogens is 274 g/mol. The molecule has 20 heavy (non-hydrogen) atoms. The van der Waals surface area contributed by atoms with Crippen molar-refractivity contribution >= 4 is 15.7 Å². The first kappa shape index (κ1) is 15.3. The highest BCUT2D eigenvalue weighted by Crippen LogP contribution is 2.23. The van der Waals surface area contributed by atoms with Gasteiger partial charge in [0.2, 0.25) is 10.0 Å². The third-order valence-electron chi connectivity index (χ3n) is 3.85. The smallest absolute Gasteiger partial charge is 0.211 e. The van der Waals surface area contributed by atoms with E-state index in [2.05, 4.69) is 16.0 Å². The molecule has 0 aromatic carbocycles. The van der Waals surface area contributed by atoms with Crippen molar-refractivity contribution in [3.63, 3.8) is 0 Å². The SMILES string of the molecule is CCN(C1CCN(c2ccnc(C)c2)CC1)S(C)(=O)=O. The highest BCUT2D eigenvalue weighted by molar-refractivity contribution is 7.88. The Balaban J connectivity index is 2.02. The maximum Gasteiger partial charge on any atom is 0.211 e. The topological polar surface area (TPSA) is 53.5 Å². The van der Waals surface area contributed by atoms with Crippen LogP contribution in [0.2, 0.25) is 0 Å². The quantitative estimate of drug-likeness (QED) is 0.848. The van der Waals surface area contributed by atoms with E-state index >= 15 is 0 Å². The molecule has 0 radical (unpaired) electrons. The molecule has 1 aromatic rings. The molecule has 1 aliphatic heterocycles. The molecule has 1 fully saturated rings. The van der Waals surface area contributed by atoms with E-state index in [1.807, 2.05) is 26.1 Å². The predicted octanol–water partition coefficient (Wildman–Crippen LogP) is 1.64. The van der Waals surface area contributed by atoms with E-state index in [0.29, 0.717) is 6.54 Å². The van der Waals surface area contributed by atoms with Gasteiger partial charge in [-0.15, -0.1) is 0 Å². The summed E-state index contributed by atoms with van der Waals surface area (Å²) in [6, 6.07) is 4.23. The first-order chi connectivity index (χ1) is 9.41. The molecule has 0 aliphatic carbocycles. The molecule has 0 amide bonds. The Morgan fingerprint density at radius 3 is 2.55 bits per heavy atom. The van der Waals surface area contributed by atoms with Crippen LogP contribution in [-0.4, -0.2) is 49.6 Å². The monoisotopic (exact) mass is 297 g/mol. The molecule has 1 saturated heterocycles. The molecule has 112 valence electrons. The molecular formula is C14H23N3O2S. The van der Waals surface area contributed by atoms with E-state index in [1.165, 1.54) is 11.9 Å². The van der Waals surface area contributed by atoms with Gasteiger partial charge in [-0.05, 0) is 31.9 Å². The number of sulfonamides is 1. The largest absolute Gasteiger partial charge is 0.371 e. The minimum Gasteiger partial charge on any atom is -0.371 e. The Bertz CT molecular complexity index is 551. The molecule has 2 rings (SSSR count).